The van der Waals surface area contributed by atoms with E-state index in [0.29, 0.717) is 0 Å². The second kappa shape index (κ2) is 4.72. The molecule has 1 aromatic heterocycles. The highest BCUT2D eigenvalue weighted by molar-refractivity contribution is 5.16. The number of nitrogens with two attached hydrogens (primary N) is 1. The summed E-state index contributed by atoms with van der Waals surface area (Å²) in [6.45, 7) is 0. The Labute approximate surface area is 102 Å². The van der Waals surface area contributed by atoms with Gasteiger partial charge in [0, 0.05) is 33.3 Å². The fourth-order valence-corrected chi connectivity index (χ4v) is 2.48. The fourth-order valence-electron chi connectivity index (χ4n) is 2.48. The van der Waals surface area contributed by atoms with Crippen molar-refractivity contribution in [2.24, 2.45) is 5.73 Å². The molecule has 94 valence electrons. The van der Waals surface area contributed by atoms with Gasteiger partial charge >= 0.3 is 0 Å². The lowest BCUT2D eigenvalue weighted by Crippen LogP contribution is -2.48. The van der Waals surface area contributed by atoms with Crippen molar-refractivity contribution < 1.29 is 9.47 Å². The summed E-state index contributed by atoms with van der Waals surface area (Å²) in [4.78, 5) is 4.37. The highest BCUT2D eigenvalue weighted by Crippen LogP contribution is 2.40. The van der Waals surface area contributed by atoms with E-state index in [4.69, 9.17) is 15.2 Å². The van der Waals surface area contributed by atoms with Crippen molar-refractivity contribution in [3.05, 3.63) is 30.1 Å². The minimum absolute atomic E-state index is 0.345. The molecule has 0 unspecified atom stereocenters. The van der Waals surface area contributed by atoms with Crippen LogP contribution in [0.1, 0.15) is 31.4 Å². The van der Waals surface area contributed by atoms with Gasteiger partial charge in [0.05, 0.1) is 11.2 Å². The molecule has 2 N–H and O–H groups in total. The van der Waals surface area contributed by atoms with E-state index in [2.05, 4.69) is 4.98 Å². The molecule has 0 spiro atoms. The Balaban J connectivity index is 2.12. The summed E-state index contributed by atoms with van der Waals surface area (Å²) in [5.74, 6) is -0.461. The molecule has 0 amide bonds. The number of aromatic nitrogens is 1. The summed E-state index contributed by atoms with van der Waals surface area (Å²) in [6, 6.07) is 5.88. The first-order chi connectivity index (χ1) is 8.14. The summed E-state index contributed by atoms with van der Waals surface area (Å²) in [7, 11) is 3.38. The molecule has 1 aliphatic carbocycles. The third kappa shape index (κ3) is 2.34. The molecule has 1 fully saturated rings. The Morgan fingerprint density at radius 1 is 1.12 bits per heavy atom. The van der Waals surface area contributed by atoms with Gasteiger partial charge < -0.3 is 15.2 Å². The van der Waals surface area contributed by atoms with Gasteiger partial charge in [0.25, 0.3) is 0 Å². The Bertz CT molecular complexity index is 353. The van der Waals surface area contributed by atoms with Gasteiger partial charge in [-0.25, -0.2) is 0 Å². The summed E-state index contributed by atoms with van der Waals surface area (Å²) in [5.41, 5.74) is 7.05. The van der Waals surface area contributed by atoms with Crippen molar-refractivity contribution in [3.8, 4) is 0 Å². The minimum Gasteiger partial charge on any atom is -0.353 e. The van der Waals surface area contributed by atoms with E-state index >= 15 is 0 Å². The second-order valence-corrected chi connectivity index (χ2v) is 4.69. The van der Waals surface area contributed by atoms with Crippen LogP contribution in [0.2, 0.25) is 0 Å². The summed E-state index contributed by atoms with van der Waals surface area (Å²) < 4.78 is 10.9. The van der Waals surface area contributed by atoms with Gasteiger partial charge in [0.1, 0.15) is 0 Å². The van der Waals surface area contributed by atoms with Crippen molar-refractivity contribution in [2.45, 2.75) is 37.0 Å². The van der Waals surface area contributed by atoms with Gasteiger partial charge in [-0.2, -0.15) is 0 Å². The molecule has 0 radical (unpaired) electrons. The van der Waals surface area contributed by atoms with E-state index in [1.165, 1.54) is 0 Å². The van der Waals surface area contributed by atoms with Crippen LogP contribution in [0.3, 0.4) is 0 Å². The molecule has 0 atom stereocenters. The van der Waals surface area contributed by atoms with Crippen molar-refractivity contribution in [1.29, 1.82) is 0 Å². The van der Waals surface area contributed by atoms with E-state index in [0.717, 1.165) is 31.4 Å². The number of rotatable bonds is 3. The van der Waals surface area contributed by atoms with E-state index < -0.39 is 5.79 Å². The van der Waals surface area contributed by atoms with Gasteiger partial charge in [-0.15, -0.1) is 0 Å². The van der Waals surface area contributed by atoms with Crippen molar-refractivity contribution >= 4 is 0 Å². The average Bonchev–Trinajstić information content (AvgIpc) is 2.41. The quantitative estimate of drug-likeness (QED) is 0.813. The monoisotopic (exact) mass is 236 g/mol. The average molecular weight is 236 g/mol. The van der Waals surface area contributed by atoms with Gasteiger partial charge in [0.2, 0.25) is 0 Å². The number of pyridine rings is 1. The largest absolute Gasteiger partial charge is 0.353 e. The van der Waals surface area contributed by atoms with E-state index in [1.807, 2.05) is 18.2 Å². The Morgan fingerprint density at radius 3 is 2.24 bits per heavy atom. The van der Waals surface area contributed by atoms with E-state index in [9.17, 15) is 0 Å². The molecule has 0 saturated heterocycles. The van der Waals surface area contributed by atoms with Crippen LogP contribution in [0, 0.1) is 0 Å². The van der Waals surface area contributed by atoms with E-state index in [-0.39, 0.29) is 5.54 Å². The lowest BCUT2D eigenvalue weighted by Gasteiger charge is -2.42. The Kier molecular flexibility index (Phi) is 3.47. The second-order valence-electron chi connectivity index (χ2n) is 4.69. The van der Waals surface area contributed by atoms with Crippen LogP contribution in [0.25, 0.3) is 0 Å². The number of ether oxygens (including phenoxy) is 2. The van der Waals surface area contributed by atoms with Crippen LogP contribution < -0.4 is 5.73 Å². The van der Waals surface area contributed by atoms with Gasteiger partial charge in [-0.3, -0.25) is 4.98 Å². The SMILES string of the molecule is COC1(OC)CCC(N)(c2ccccn2)CC1. The van der Waals surface area contributed by atoms with Crippen LogP contribution >= 0.6 is 0 Å². The van der Waals surface area contributed by atoms with Crippen molar-refractivity contribution in [2.75, 3.05) is 14.2 Å². The molecular weight excluding hydrogens is 216 g/mol. The molecule has 4 nitrogen and oxygen atoms in total. The molecule has 0 aromatic carbocycles. The third-order valence-corrected chi connectivity index (χ3v) is 3.82. The molecule has 0 bridgehead atoms. The fraction of sp³-hybridized carbons (Fsp3) is 0.615. The zero-order valence-electron chi connectivity index (χ0n) is 10.5. The lowest BCUT2D eigenvalue weighted by atomic mass is 9.77. The van der Waals surface area contributed by atoms with Gasteiger partial charge in [-0.05, 0) is 25.0 Å². The first-order valence-electron chi connectivity index (χ1n) is 5.95. The molecule has 2 rings (SSSR count). The third-order valence-electron chi connectivity index (χ3n) is 3.82. The first kappa shape index (κ1) is 12.5. The Hall–Kier alpha value is -0.970. The Morgan fingerprint density at radius 2 is 1.76 bits per heavy atom. The van der Waals surface area contributed by atoms with Gasteiger partial charge in [-0.1, -0.05) is 6.07 Å². The predicted molar refractivity (Wildman–Crippen MR) is 65.3 cm³/mol. The molecular formula is C13H20N2O2. The summed E-state index contributed by atoms with van der Waals surface area (Å²) in [5, 5.41) is 0. The van der Waals surface area contributed by atoms with Crippen LogP contribution in [0.15, 0.2) is 24.4 Å². The van der Waals surface area contributed by atoms with Crippen LogP contribution in [-0.2, 0) is 15.0 Å². The maximum atomic E-state index is 6.44. The van der Waals surface area contributed by atoms with Crippen LogP contribution in [0.4, 0.5) is 0 Å². The number of hydrogen-bond donors (Lipinski definition) is 1. The molecule has 1 saturated carbocycles. The number of hydrogen-bond acceptors (Lipinski definition) is 4. The predicted octanol–water partition coefficient (Wildman–Crippen LogP) is 1.80. The van der Waals surface area contributed by atoms with Crippen LogP contribution in [0.5, 0.6) is 0 Å². The highest BCUT2D eigenvalue weighted by Gasteiger charge is 2.42. The zero-order valence-corrected chi connectivity index (χ0v) is 10.5. The van der Waals surface area contributed by atoms with Crippen molar-refractivity contribution in [3.63, 3.8) is 0 Å². The van der Waals surface area contributed by atoms with Gasteiger partial charge in [0.15, 0.2) is 5.79 Å². The molecule has 1 heterocycles. The standard InChI is InChI=1S/C13H20N2O2/c1-16-13(17-2)8-6-12(14,7-9-13)11-5-3-4-10-15-11/h3-5,10H,6-9,14H2,1-2H3. The molecule has 0 aliphatic heterocycles. The molecule has 4 heteroatoms. The molecule has 1 aromatic rings. The topological polar surface area (TPSA) is 57.4 Å². The molecule has 1 aliphatic rings. The first-order valence-corrected chi connectivity index (χ1v) is 5.95. The maximum Gasteiger partial charge on any atom is 0.167 e. The maximum absolute atomic E-state index is 6.44. The number of nitrogens with zero attached hydrogens (tertiary/aromatic N) is 1. The lowest BCUT2D eigenvalue weighted by molar-refractivity contribution is -0.229. The smallest absolute Gasteiger partial charge is 0.167 e. The zero-order chi connectivity index (χ0) is 12.4. The number of methoxy groups -OCH3 is 2. The van der Waals surface area contributed by atoms with E-state index in [1.54, 1.807) is 20.4 Å². The summed E-state index contributed by atoms with van der Waals surface area (Å²) in [6.07, 6.45) is 5.04. The normalized spacial score (nSPS) is 22.3. The summed E-state index contributed by atoms with van der Waals surface area (Å²) >= 11 is 0. The van der Waals surface area contributed by atoms with Crippen molar-refractivity contribution in [1.82, 2.24) is 4.98 Å². The van der Waals surface area contributed by atoms with Crippen LogP contribution in [-0.4, -0.2) is 25.0 Å². The molecule has 17 heavy (non-hydrogen) atoms. The highest BCUT2D eigenvalue weighted by atomic mass is 16.7. The minimum atomic E-state index is -0.461.